The van der Waals surface area contributed by atoms with Gasteiger partial charge in [-0.05, 0) is 31.8 Å². The van der Waals surface area contributed by atoms with Crippen LogP contribution in [0, 0.1) is 13.8 Å². The third-order valence-electron chi connectivity index (χ3n) is 2.63. The Labute approximate surface area is 114 Å². The normalized spacial score (nSPS) is 13.3. The van der Waals surface area contributed by atoms with Crippen LogP contribution in [-0.2, 0) is 0 Å². The topological polar surface area (TPSA) is 24.9 Å². The predicted molar refractivity (Wildman–Crippen MR) is 80.2 cm³/mol. The molecule has 4 heteroatoms. The second-order valence-electron chi connectivity index (χ2n) is 4.55. The summed E-state index contributed by atoms with van der Waals surface area (Å²) in [7, 11) is 0. The molecule has 0 saturated heterocycles. The predicted octanol–water partition coefficient (Wildman–Crippen LogP) is 3.94. The van der Waals surface area contributed by atoms with Crippen LogP contribution >= 0.6 is 23.1 Å². The maximum atomic E-state index is 4.69. The van der Waals surface area contributed by atoms with Crippen molar-refractivity contribution in [1.82, 2.24) is 10.3 Å². The molecule has 1 aromatic heterocycles. The Morgan fingerprint density at radius 2 is 2.06 bits per heavy atom. The molecule has 17 heavy (non-hydrogen) atoms. The zero-order valence-electron chi connectivity index (χ0n) is 11.5. The first-order valence-electron chi connectivity index (χ1n) is 6.32. The third kappa shape index (κ3) is 4.98. The number of hydrogen-bond acceptors (Lipinski definition) is 4. The lowest BCUT2D eigenvalue weighted by molar-refractivity contribution is 0.467. The van der Waals surface area contributed by atoms with Crippen molar-refractivity contribution in [3.05, 3.63) is 15.6 Å². The van der Waals surface area contributed by atoms with Gasteiger partial charge in [0.05, 0.1) is 11.7 Å². The second-order valence-corrected chi connectivity index (χ2v) is 7.18. The molecule has 0 fully saturated rings. The minimum absolute atomic E-state index is 0.423. The molecule has 0 spiro atoms. The lowest BCUT2D eigenvalue weighted by Crippen LogP contribution is -2.28. The van der Waals surface area contributed by atoms with Gasteiger partial charge in [-0.2, -0.15) is 11.8 Å². The quantitative estimate of drug-likeness (QED) is 0.761. The monoisotopic (exact) mass is 272 g/mol. The molecule has 1 atom stereocenters. The van der Waals surface area contributed by atoms with Gasteiger partial charge in [-0.1, -0.05) is 20.8 Å². The van der Waals surface area contributed by atoms with E-state index in [1.165, 1.54) is 33.5 Å². The molecule has 0 aromatic carbocycles. The average Bonchev–Trinajstić information content (AvgIpc) is 2.57. The smallest absolute Gasteiger partial charge is 0.110 e. The average molecular weight is 272 g/mol. The van der Waals surface area contributed by atoms with Gasteiger partial charge in [0.25, 0.3) is 0 Å². The van der Waals surface area contributed by atoms with Crippen molar-refractivity contribution in [2.45, 2.75) is 53.1 Å². The molecule has 0 aliphatic rings. The molecular formula is C13H24N2S2. The van der Waals surface area contributed by atoms with Gasteiger partial charge in [0, 0.05) is 10.9 Å². The van der Waals surface area contributed by atoms with Gasteiger partial charge in [0.2, 0.25) is 0 Å². The first-order chi connectivity index (χ1) is 8.04. The van der Waals surface area contributed by atoms with E-state index in [9.17, 15) is 0 Å². The van der Waals surface area contributed by atoms with Crippen molar-refractivity contribution in [3.8, 4) is 0 Å². The number of nitrogens with one attached hydrogen (secondary N) is 1. The first kappa shape index (κ1) is 15.0. The van der Waals surface area contributed by atoms with Gasteiger partial charge in [-0.3, -0.25) is 0 Å². The fourth-order valence-corrected chi connectivity index (χ4v) is 3.38. The van der Waals surface area contributed by atoms with Crippen LogP contribution in [-0.4, -0.2) is 22.5 Å². The fraction of sp³-hybridized carbons (Fsp3) is 0.769. The molecule has 2 nitrogen and oxygen atoms in total. The molecule has 0 bridgehead atoms. The third-order valence-corrected chi connectivity index (χ3v) is 4.75. The summed E-state index contributed by atoms with van der Waals surface area (Å²) < 4.78 is 0. The van der Waals surface area contributed by atoms with Crippen LogP contribution < -0.4 is 5.32 Å². The Morgan fingerprint density at radius 1 is 1.35 bits per heavy atom. The maximum Gasteiger partial charge on any atom is 0.110 e. The van der Waals surface area contributed by atoms with Crippen LogP contribution in [0.15, 0.2) is 0 Å². The highest BCUT2D eigenvalue weighted by Crippen LogP contribution is 2.26. The highest BCUT2D eigenvalue weighted by atomic mass is 32.2. The van der Waals surface area contributed by atoms with E-state index in [1.54, 1.807) is 0 Å². The highest BCUT2D eigenvalue weighted by Gasteiger charge is 2.16. The Bertz CT molecular complexity index is 315. The molecule has 0 aliphatic carbocycles. The van der Waals surface area contributed by atoms with E-state index in [1.807, 2.05) is 23.1 Å². The molecule has 98 valence electrons. The Balaban J connectivity index is 2.67. The molecule has 0 saturated carbocycles. The van der Waals surface area contributed by atoms with E-state index < -0.39 is 0 Å². The molecule has 0 aliphatic heterocycles. The molecule has 1 aromatic rings. The second kappa shape index (κ2) is 7.39. The Hall–Kier alpha value is -0.0600. The Morgan fingerprint density at radius 3 is 2.53 bits per heavy atom. The summed E-state index contributed by atoms with van der Waals surface area (Å²) >= 11 is 3.85. The number of aryl methyl sites for hydroxylation is 2. The lowest BCUT2D eigenvalue weighted by Gasteiger charge is -2.19. The van der Waals surface area contributed by atoms with Gasteiger partial charge in [-0.15, -0.1) is 11.3 Å². The molecule has 0 amide bonds. The molecule has 1 rings (SSSR count). The standard InChI is InChI=1S/C13H24N2S2/c1-6-16-8-7-12(14-9(2)3)13-15-10(4)11(5)17-13/h9,12,14H,6-8H2,1-5H3. The van der Waals surface area contributed by atoms with Crippen molar-refractivity contribution < 1.29 is 0 Å². The van der Waals surface area contributed by atoms with Crippen molar-refractivity contribution in [2.75, 3.05) is 11.5 Å². The van der Waals surface area contributed by atoms with E-state index in [0.717, 1.165) is 0 Å². The summed E-state index contributed by atoms with van der Waals surface area (Å²) in [5, 5.41) is 4.89. The van der Waals surface area contributed by atoms with E-state index in [-0.39, 0.29) is 0 Å². The summed E-state index contributed by atoms with van der Waals surface area (Å²) in [4.78, 5) is 6.04. The molecule has 1 heterocycles. The van der Waals surface area contributed by atoms with Crippen LogP contribution in [0.4, 0.5) is 0 Å². The largest absolute Gasteiger partial charge is 0.306 e. The number of aromatic nitrogens is 1. The van der Waals surface area contributed by atoms with E-state index >= 15 is 0 Å². The van der Waals surface area contributed by atoms with Crippen LogP contribution in [0.1, 0.15) is 48.8 Å². The van der Waals surface area contributed by atoms with E-state index in [0.29, 0.717) is 12.1 Å². The summed E-state index contributed by atoms with van der Waals surface area (Å²) in [5.74, 6) is 2.41. The van der Waals surface area contributed by atoms with Crippen LogP contribution in [0.3, 0.4) is 0 Å². The number of nitrogens with zero attached hydrogens (tertiary/aromatic N) is 1. The number of thiazole rings is 1. The summed E-state index contributed by atoms with van der Waals surface area (Å²) in [5.41, 5.74) is 1.18. The maximum absolute atomic E-state index is 4.69. The van der Waals surface area contributed by atoms with Gasteiger partial charge in [0.1, 0.15) is 5.01 Å². The van der Waals surface area contributed by atoms with Gasteiger partial charge in [0.15, 0.2) is 0 Å². The SMILES string of the molecule is CCSCCC(NC(C)C)c1nc(C)c(C)s1. The van der Waals surface area contributed by atoms with E-state index in [2.05, 4.69) is 44.9 Å². The van der Waals surface area contributed by atoms with Crippen molar-refractivity contribution in [2.24, 2.45) is 0 Å². The van der Waals surface area contributed by atoms with Crippen LogP contribution in [0.25, 0.3) is 0 Å². The number of rotatable bonds is 7. The zero-order valence-corrected chi connectivity index (χ0v) is 13.2. The van der Waals surface area contributed by atoms with Crippen LogP contribution in [0.2, 0.25) is 0 Å². The minimum atomic E-state index is 0.423. The van der Waals surface area contributed by atoms with E-state index in [4.69, 9.17) is 0 Å². The molecule has 0 radical (unpaired) electrons. The minimum Gasteiger partial charge on any atom is -0.306 e. The van der Waals surface area contributed by atoms with Gasteiger partial charge < -0.3 is 5.32 Å². The van der Waals surface area contributed by atoms with Crippen molar-refractivity contribution in [3.63, 3.8) is 0 Å². The van der Waals surface area contributed by atoms with Gasteiger partial charge >= 0.3 is 0 Å². The molecular weight excluding hydrogens is 248 g/mol. The summed E-state index contributed by atoms with van der Waals surface area (Å²) in [6.07, 6.45) is 1.17. The summed E-state index contributed by atoms with van der Waals surface area (Å²) in [6.45, 7) is 10.9. The van der Waals surface area contributed by atoms with Crippen molar-refractivity contribution >= 4 is 23.1 Å². The highest BCUT2D eigenvalue weighted by molar-refractivity contribution is 7.99. The number of hydrogen-bond donors (Lipinski definition) is 1. The van der Waals surface area contributed by atoms with Crippen molar-refractivity contribution in [1.29, 1.82) is 0 Å². The number of thioether (sulfide) groups is 1. The summed E-state index contributed by atoms with van der Waals surface area (Å²) in [6, 6.07) is 0.933. The van der Waals surface area contributed by atoms with Crippen LogP contribution in [0.5, 0.6) is 0 Å². The fourth-order valence-electron chi connectivity index (χ4n) is 1.67. The lowest BCUT2D eigenvalue weighted by atomic mass is 10.2. The first-order valence-corrected chi connectivity index (χ1v) is 8.29. The van der Waals surface area contributed by atoms with Gasteiger partial charge in [-0.25, -0.2) is 4.98 Å². The zero-order chi connectivity index (χ0) is 12.8. The molecule has 1 unspecified atom stereocenters. The Kier molecular flexibility index (Phi) is 6.52. The molecule has 1 N–H and O–H groups in total.